The van der Waals surface area contributed by atoms with Gasteiger partial charge in [-0.3, -0.25) is 10.1 Å². The Morgan fingerprint density at radius 1 is 1.15 bits per heavy atom. The number of nitro groups is 1. The van der Waals surface area contributed by atoms with E-state index in [1.165, 1.54) is 32.8 Å². The number of hydrogen-bond donors (Lipinski definition) is 0. The van der Waals surface area contributed by atoms with E-state index in [1.54, 1.807) is 30.3 Å². The normalized spacial score (nSPS) is 11.2. The predicted octanol–water partition coefficient (Wildman–Crippen LogP) is 2.48. The number of carbonyl (C=O) groups is 1. The van der Waals surface area contributed by atoms with Crippen molar-refractivity contribution < 1.29 is 33.5 Å². The van der Waals surface area contributed by atoms with Crippen molar-refractivity contribution in [3.05, 3.63) is 63.7 Å². The van der Waals surface area contributed by atoms with Crippen molar-refractivity contribution in [3.8, 4) is 11.5 Å². The second-order valence-corrected chi connectivity index (χ2v) is 5.19. The molecule has 0 aliphatic heterocycles. The zero-order valence-electron chi connectivity index (χ0n) is 14.5. The summed E-state index contributed by atoms with van der Waals surface area (Å²) in [6.45, 7) is 0.783. The molecule has 0 saturated heterocycles. The van der Waals surface area contributed by atoms with E-state index >= 15 is 0 Å². The van der Waals surface area contributed by atoms with Crippen LogP contribution in [-0.2, 0) is 25.7 Å². The largest absolute Gasteiger partial charge is 0.493 e. The van der Waals surface area contributed by atoms with Crippen LogP contribution in [0.5, 0.6) is 11.5 Å². The van der Waals surface area contributed by atoms with Crippen LogP contribution in [-0.4, -0.2) is 31.6 Å². The van der Waals surface area contributed by atoms with Crippen molar-refractivity contribution in [1.82, 2.24) is 0 Å². The number of methoxy groups -OCH3 is 2. The summed E-state index contributed by atoms with van der Waals surface area (Å²) in [6.07, 6.45) is -1.33. The minimum Gasteiger partial charge on any atom is -0.493 e. The highest BCUT2D eigenvalue weighted by atomic mass is 16.6. The number of benzene rings is 2. The Labute approximate surface area is 154 Å². The molecule has 0 aromatic heterocycles. The number of esters is 1. The van der Waals surface area contributed by atoms with Crippen molar-refractivity contribution in [1.29, 1.82) is 0 Å². The summed E-state index contributed by atoms with van der Waals surface area (Å²) >= 11 is 0. The van der Waals surface area contributed by atoms with Gasteiger partial charge in [0.2, 0.25) is 6.10 Å². The van der Waals surface area contributed by atoms with Crippen LogP contribution in [0.1, 0.15) is 17.2 Å². The molecule has 0 amide bonds. The van der Waals surface area contributed by atoms with E-state index in [0.29, 0.717) is 5.56 Å². The maximum absolute atomic E-state index is 12.3. The molecular weight excluding hydrogens is 358 g/mol. The average Bonchev–Trinajstić information content (AvgIpc) is 2.69. The first-order valence-electron chi connectivity index (χ1n) is 7.65. The summed E-state index contributed by atoms with van der Waals surface area (Å²) < 4.78 is 19.9. The molecular formula is C18H16NO8. The fourth-order valence-corrected chi connectivity index (χ4v) is 2.35. The summed E-state index contributed by atoms with van der Waals surface area (Å²) in [5.41, 5.74) is 0.167. The molecule has 27 heavy (non-hydrogen) atoms. The fraction of sp³-hybridized carbons (Fsp3) is 0.222. The smallest absolute Gasteiger partial charge is 0.418 e. The molecule has 141 valence electrons. The van der Waals surface area contributed by atoms with Crippen LogP contribution in [0, 0.1) is 10.1 Å². The van der Waals surface area contributed by atoms with Gasteiger partial charge in [0, 0.05) is 5.56 Å². The van der Waals surface area contributed by atoms with Gasteiger partial charge < -0.3 is 18.9 Å². The molecule has 1 atom stereocenters. The molecule has 0 aliphatic rings. The number of hydrogen-bond acceptors (Lipinski definition) is 8. The van der Waals surface area contributed by atoms with Gasteiger partial charge in [-0.25, -0.2) is 9.59 Å². The minimum atomic E-state index is -1.33. The van der Waals surface area contributed by atoms with Crippen LogP contribution in [0.15, 0.2) is 42.5 Å². The van der Waals surface area contributed by atoms with E-state index in [0.717, 1.165) is 0 Å². The molecule has 9 heteroatoms. The van der Waals surface area contributed by atoms with E-state index in [1.807, 2.05) is 0 Å². The lowest BCUT2D eigenvalue weighted by Crippen LogP contribution is -2.18. The summed E-state index contributed by atoms with van der Waals surface area (Å²) in [5, 5.41) is 11.3. The number of nitrogens with zero attached hydrogens (tertiary/aromatic N) is 1. The lowest BCUT2D eigenvalue weighted by atomic mass is 10.1. The van der Waals surface area contributed by atoms with Gasteiger partial charge in [0.15, 0.2) is 11.5 Å². The van der Waals surface area contributed by atoms with Crippen molar-refractivity contribution >= 4 is 18.1 Å². The highest BCUT2D eigenvalue weighted by Gasteiger charge is 2.26. The van der Waals surface area contributed by atoms with Gasteiger partial charge in [-0.1, -0.05) is 30.3 Å². The molecule has 2 rings (SSSR count). The Morgan fingerprint density at radius 3 is 2.33 bits per heavy atom. The van der Waals surface area contributed by atoms with Gasteiger partial charge >= 0.3 is 12.4 Å². The summed E-state index contributed by atoms with van der Waals surface area (Å²) in [5.74, 6) is -0.486. The van der Waals surface area contributed by atoms with Gasteiger partial charge in [-0.2, -0.15) is 0 Å². The Hall–Kier alpha value is -3.62. The Morgan fingerprint density at radius 2 is 1.78 bits per heavy atom. The quantitative estimate of drug-likeness (QED) is 0.374. The van der Waals surface area contributed by atoms with Gasteiger partial charge in [-0.05, 0) is 6.07 Å². The Bertz CT molecular complexity index is 822. The Kier molecular flexibility index (Phi) is 6.70. The van der Waals surface area contributed by atoms with Crippen molar-refractivity contribution in [2.24, 2.45) is 0 Å². The van der Waals surface area contributed by atoms with Crippen LogP contribution < -0.4 is 9.47 Å². The highest BCUT2D eigenvalue weighted by Crippen LogP contribution is 2.35. The second kappa shape index (κ2) is 9.18. The summed E-state index contributed by atoms with van der Waals surface area (Å²) in [7, 11) is 2.72. The van der Waals surface area contributed by atoms with Crippen molar-refractivity contribution in [2.75, 3.05) is 14.2 Å². The third kappa shape index (κ3) is 4.72. The molecule has 0 bridgehead atoms. The highest BCUT2D eigenvalue weighted by molar-refractivity contribution is 5.78. The van der Waals surface area contributed by atoms with E-state index in [9.17, 15) is 19.7 Å². The standard InChI is InChI=1S/C18H16NO8/c1-24-15-8-13(14(19(22)23)9-16(15)25-2)10-26-18(21)17(27-11-20)12-6-4-3-5-7-12/h3-9,17H,10H2,1-2H3. The summed E-state index contributed by atoms with van der Waals surface area (Å²) in [4.78, 5) is 33.6. The van der Waals surface area contributed by atoms with Crippen molar-refractivity contribution in [2.45, 2.75) is 12.7 Å². The summed E-state index contributed by atoms with van der Waals surface area (Å²) in [6, 6.07) is 10.7. The topological polar surface area (TPSA) is 114 Å². The molecule has 0 spiro atoms. The first kappa shape index (κ1) is 19.7. The van der Waals surface area contributed by atoms with Gasteiger partial charge in [0.05, 0.1) is 30.8 Å². The molecule has 0 N–H and O–H groups in total. The first-order chi connectivity index (χ1) is 13.0. The Balaban J connectivity index is 2.24. The van der Waals surface area contributed by atoms with E-state index in [2.05, 4.69) is 4.74 Å². The van der Waals surface area contributed by atoms with Crippen LogP contribution in [0.2, 0.25) is 0 Å². The van der Waals surface area contributed by atoms with Gasteiger partial charge in [0.25, 0.3) is 5.69 Å². The molecule has 0 saturated carbocycles. The molecule has 2 aromatic carbocycles. The third-order valence-corrected chi connectivity index (χ3v) is 3.63. The average molecular weight is 374 g/mol. The number of carbonyl (C=O) groups excluding carboxylic acids is 2. The zero-order valence-corrected chi connectivity index (χ0v) is 14.5. The second-order valence-electron chi connectivity index (χ2n) is 5.19. The molecule has 0 fully saturated rings. The van der Waals surface area contributed by atoms with E-state index in [4.69, 9.17) is 14.2 Å². The van der Waals surface area contributed by atoms with Crippen LogP contribution in [0.3, 0.4) is 0 Å². The van der Waals surface area contributed by atoms with Gasteiger partial charge in [-0.15, -0.1) is 0 Å². The molecule has 2 aromatic rings. The maximum Gasteiger partial charge on any atom is 0.418 e. The SMILES string of the molecule is COc1cc(COC(=O)C(O[C]=O)c2ccccc2)c([N+](=O)[O-])cc1OC. The zero-order chi connectivity index (χ0) is 19.8. The van der Waals surface area contributed by atoms with Crippen LogP contribution in [0.4, 0.5) is 5.69 Å². The van der Waals surface area contributed by atoms with E-state index in [-0.39, 0.29) is 22.7 Å². The van der Waals surface area contributed by atoms with Crippen LogP contribution >= 0.6 is 0 Å². The van der Waals surface area contributed by atoms with Gasteiger partial charge in [0.1, 0.15) is 6.61 Å². The lowest BCUT2D eigenvalue weighted by Gasteiger charge is -2.15. The van der Waals surface area contributed by atoms with Crippen molar-refractivity contribution in [3.63, 3.8) is 0 Å². The number of ether oxygens (including phenoxy) is 4. The molecule has 0 heterocycles. The molecule has 1 radical (unpaired) electrons. The third-order valence-electron chi connectivity index (χ3n) is 3.63. The lowest BCUT2D eigenvalue weighted by molar-refractivity contribution is -0.385. The molecule has 0 aliphatic carbocycles. The molecule has 9 nitrogen and oxygen atoms in total. The maximum atomic E-state index is 12.3. The minimum absolute atomic E-state index is 0.0906. The first-order valence-corrected chi connectivity index (χ1v) is 7.65. The predicted molar refractivity (Wildman–Crippen MR) is 92.0 cm³/mol. The van der Waals surface area contributed by atoms with E-state index < -0.39 is 23.6 Å². The number of nitro benzene ring substituents is 1. The number of rotatable bonds is 9. The molecule has 1 unspecified atom stereocenters. The fourth-order valence-electron chi connectivity index (χ4n) is 2.35. The monoisotopic (exact) mass is 374 g/mol. The van der Waals surface area contributed by atoms with Crippen LogP contribution in [0.25, 0.3) is 0 Å².